The molecule has 0 saturated carbocycles. The molecular weight excluding hydrogens is 361 g/mol. The van der Waals surface area contributed by atoms with Crippen LogP contribution in [0.4, 0.5) is 22.7 Å². The molecule has 0 spiro atoms. The van der Waals surface area contributed by atoms with Gasteiger partial charge >= 0.3 is 29.6 Å². The maximum absolute atomic E-state index is 11.2. The molecule has 128 valence electrons. The fourth-order valence-corrected chi connectivity index (χ4v) is 2.68. The summed E-state index contributed by atoms with van der Waals surface area (Å²) in [5.74, 6) is 0. The Balaban J connectivity index is 0.00000182. The minimum Gasteiger partial charge on any atom is -1.00 e. The topological polar surface area (TPSA) is 91.1 Å². The molecule has 0 aliphatic carbocycles. The van der Waals surface area contributed by atoms with Gasteiger partial charge in [0.2, 0.25) is 0 Å². The molecule has 0 heterocycles. The molecule has 2 N–H and O–H groups in total. The van der Waals surface area contributed by atoms with Crippen LogP contribution in [0.2, 0.25) is 0 Å². The molecule has 8 heteroatoms. The number of nitrogens with zero attached hydrogens (tertiary/aromatic N) is 2. The van der Waals surface area contributed by atoms with Gasteiger partial charge in [0.1, 0.15) is 5.69 Å². The van der Waals surface area contributed by atoms with Crippen molar-refractivity contribution in [3.63, 3.8) is 0 Å². The average molecular weight is 377 g/mol. The van der Waals surface area contributed by atoms with Gasteiger partial charge < -0.3 is 6.74 Å². The van der Waals surface area contributed by atoms with Gasteiger partial charge in [-0.15, -0.1) is 5.11 Å². The number of rotatable bonds is 5. The van der Waals surface area contributed by atoms with Crippen LogP contribution in [0.5, 0.6) is 0 Å². The molecule has 0 aliphatic rings. The molecule has 0 aromatic heterocycles. The summed E-state index contributed by atoms with van der Waals surface area (Å²) in [4.78, 5) is -0.223. The Bertz CT molecular complexity index is 1020. The van der Waals surface area contributed by atoms with Crippen molar-refractivity contribution in [2.24, 2.45) is 10.2 Å². The molecule has 0 unspecified atom stereocenters. The smallest absolute Gasteiger partial charge is 1.00 e. The van der Waals surface area contributed by atoms with Gasteiger partial charge in [-0.25, -0.2) is 0 Å². The second-order valence-corrected chi connectivity index (χ2v) is 6.60. The van der Waals surface area contributed by atoms with Crippen molar-refractivity contribution >= 4 is 32.9 Å². The van der Waals surface area contributed by atoms with Crippen LogP contribution >= 0.6 is 0 Å². The van der Waals surface area contributed by atoms with Crippen molar-refractivity contribution in [1.82, 2.24) is 0 Å². The minimum absolute atomic E-state index is 0. The average Bonchev–Trinajstić information content (AvgIpc) is 2.61. The Morgan fingerprint density at radius 2 is 1.54 bits per heavy atom. The first kappa shape index (κ1) is 20.3. The van der Waals surface area contributed by atoms with Crippen molar-refractivity contribution in [3.8, 4) is 0 Å². The summed E-state index contributed by atoms with van der Waals surface area (Å²) in [6.45, 7) is 0. The Kier molecular flexibility index (Phi) is 7.07. The predicted octanol–water partition coefficient (Wildman–Crippen LogP) is 2.21. The van der Waals surface area contributed by atoms with Crippen LogP contribution in [0.3, 0.4) is 0 Å². The Hall–Kier alpha value is -2.03. The van der Waals surface area contributed by atoms with Gasteiger partial charge in [-0.05, 0) is 42.5 Å². The van der Waals surface area contributed by atoms with E-state index in [0.29, 0.717) is 11.4 Å². The van der Waals surface area contributed by atoms with E-state index in [2.05, 4.69) is 15.5 Å². The van der Waals surface area contributed by atoms with E-state index in [1.165, 1.54) is 18.2 Å². The van der Waals surface area contributed by atoms with Crippen LogP contribution < -0.4 is 34.9 Å². The van der Waals surface area contributed by atoms with E-state index in [9.17, 15) is 8.42 Å². The third-order valence-electron chi connectivity index (χ3n) is 3.35. The van der Waals surface area contributed by atoms with Gasteiger partial charge in [-0.3, -0.25) is 4.55 Å². The molecule has 0 atom stereocenters. The molecule has 3 aromatic rings. The maximum atomic E-state index is 11.2. The molecule has 6 nitrogen and oxygen atoms in total. The Labute approximate surface area is 175 Å². The number of hydrogen-bond acceptors (Lipinski definition) is 5. The van der Waals surface area contributed by atoms with Crippen molar-refractivity contribution in [2.45, 2.75) is 4.90 Å². The minimum atomic E-state index is -4.27. The van der Waals surface area contributed by atoms with Crippen LogP contribution in [0.15, 0.2) is 94.0 Å². The zero-order chi connectivity index (χ0) is 17.7. The summed E-state index contributed by atoms with van der Waals surface area (Å²) < 4.78 is 31.5. The Morgan fingerprint density at radius 3 is 2.27 bits per heavy atom. The van der Waals surface area contributed by atoms with E-state index in [1.54, 1.807) is 12.1 Å². The third-order valence-corrected chi connectivity index (χ3v) is 4.20. The Morgan fingerprint density at radius 1 is 0.846 bits per heavy atom. The van der Waals surface area contributed by atoms with Crippen LogP contribution in [0.25, 0.3) is 0 Å². The van der Waals surface area contributed by atoms with Gasteiger partial charge in [0.05, 0.1) is 16.3 Å². The summed E-state index contributed by atoms with van der Waals surface area (Å²) in [5.41, 5.74) is 2.61. The predicted molar refractivity (Wildman–Crippen MR) is 97.7 cm³/mol. The van der Waals surface area contributed by atoms with Gasteiger partial charge in [0.25, 0.3) is 10.1 Å². The number of para-hydroxylation sites is 2. The second kappa shape index (κ2) is 9.07. The van der Waals surface area contributed by atoms with E-state index in [4.69, 9.17) is 4.55 Å². The molecule has 3 aromatic carbocycles. The summed E-state index contributed by atoms with van der Waals surface area (Å²) >= 11 is 0. The van der Waals surface area contributed by atoms with Crippen LogP contribution in [-0.4, -0.2) is 13.0 Å². The van der Waals surface area contributed by atoms with Gasteiger partial charge in [-0.2, -0.15) is 13.5 Å². The zero-order valence-electron chi connectivity index (χ0n) is 15.1. The summed E-state index contributed by atoms with van der Waals surface area (Å²) in [6.07, 6.45) is 0. The van der Waals surface area contributed by atoms with Gasteiger partial charge in [0.15, 0.2) is 0 Å². The number of benzene rings is 3. The third kappa shape index (κ3) is 5.48. The molecule has 0 bridgehead atoms. The number of azo groups is 1. The van der Waals surface area contributed by atoms with E-state index < -0.39 is 10.1 Å². The van der Waals surface area contributed by atoms with E-state index in [-0.39, 0.29) is 35.9 Å². The molecule has 0 radical (unpaired) electrons. The number of anilines is 2. The first-order chi connectivity index (χ1) is 12.0. The molecular formula is C18H16N3NaO3S. The van der Waals surface area contributed by atoms with Gasteiger partial charge in [-0.1, -0.05) is 36.4 Å². The van der Waals surface area contributed by atoms with Crippen LogP contribution in [-0.2, 0) is 10.1 Å². The molecule has 0 fully saturated rings. The fraction of sp³-hybridized carbons (Fsp3) is 0. The quantitative estimate of drug-likeness (QED) is 0.405. The van der Waals surface area contributed by atoms with Crippen molar-refractivity contribution < 1.29 is 44.0 Å². The summed E-state index contributed by atoms with van der Waals surface area (Å²) in [5, 5.41) is 11.5. The fourth-order valence-electron chi connectivity index (χ4n) is 2.16. The monoisotopic (exact) mass is 377 g/mol. The molecule has 0 amide bonds. The summed E-state index contributed by atoms with van der Waals surface area (Å²) in [6, 6.07) is 22.7. The molecule has 3 rings (SSSR count). The van der Waals surface area contributed by atoms with Crippen LogP contribution in [0, 0.1) is 0 Å². The first-order valence-electron chi connectivity index (χ1n) is 7.43. The number of nitrogens with one attached hydrogen (secondary N) is 1. The van der Waals surface area contributed by atoms with E-state index in [0.717, 1.165) is 11.4 Å². The van der Waals surface area contributed by atoms with Crippen molar-refractivity contribution in [3.05, 3.63) is 78.9 Å². The molecule has 0 saturated heterocycles. The van der Waals surface area contributed by atoms with Gasteiger partial charge in [0, 0.05) is 5.69 Å². The first-order valence-corrected chi connectivity index (χ1v) is 8.87. The van der Waals surface area contributed by atoms with E-state index in [1.807, 2.05) is 48.5 Å². The largest absolute Gasteiger partial charge is 1.00 e. The molecule has 26 heavy (non-hydrogen) atoms. The zero-order valence-corrected chi connectivity index (χ0v) is 16.9. The van der Waals surface area contributed by atoms with Crippen molar-refractivity contribution in [1.29, 1.82) is 0 Å². The normalized spacial score (nSPS) is 11.1. The van der Waals surface area contributed by atoms with Crippen molar-refractivity contribution in [2.75, 3.05) is 5.32 Å². The van der Waals surface area contributed by atoms with E-state index >= 15 is 0 Å². The SMILES string of the molecule is O=S(=O)(O)c1cccc(N=Nc2ccccc2Nc2ccccc2)c1.[H-].[Na+]. The van der Waals surface area contributed by atoms with Crippen LogP contribution in [0.1, 0.15) is 1.43 Å². The maximum Gasteiger partial charge on any atom is 1.00 e. The molecule has 0 aliphatic heterocycles. The second-order valence-electron chi connectivity index (χ2n) is 5.18. The summed E-state index contributed by atoms with van der Waals surface area (Å²) in [7, 11) is -4.27. The standard InChI is InChI=1S/C18H15N3O3S.Na.H/c22-25(23,24)16-10-6-9-15(13-16)20-21-18-12-5-4-11-17(18)19-14-7-2-1-3-8-14;;/h1-13,19H,(H,22,23,24);;/q;+1;-1. The number of hydrogen-bond donors (Lipinski definition) is 2.